The number of hydrazine groups is 1. The van der Waals surface area contributed by atoms with E-state index in [1.165, 1.54) is 0 Å². The third kappa shape index (κ3) is 15.7. The molecule has 0 amide bonds. The maximum Gasteiger partial charge on any atom is 2.00 e. The first-order chi connectivity index (χ1) is 17.3. The van der Waals surface area contributed by atoms with Crippen molar-refractivity contribution in [3.63, 3.8) is 0 Å². The van der Waals surface area contributed by atoms with E-state index in [4.69, 9.17) is 5.26 Å². The van der Waals surface area contributed by atoms with Gasteiger partial charge in [0, 0.05) is 0 Å². The van der Waals surface area contributed by atoms with Gasteiger partial charge >= 0.3 is 39.1 Å². The second-order valence-corrected chi connectivity index (χ2v) is 12.2. The number of hydrogen-bond donors (Lipinski definition) is 2. The van der Waals surface area contributed by atoms with Crippen LogP contribution in [0, 0.1) is 11.3 Å². The fraction of sp³-hybridized carbons (Fsp3) is 0.364. The molecule has 0 saturated carbocycles. The molecule has 0 unspecified atom stereocenters. The smallest absolute Gasteiger partial charge is 0.421 e. The minimum Gasteiger partial charge on any atom is -0.421 e. The third-order valence-electron chi connectivity index (χ3n) is 2.47. The maximum absolute atomic E-state index is 11.4. The number of hydrogen-bond acceptors (Lipinski definition) is 11. The average Bonchev–Trinajstić information content (AvgIpc) is 2.72. The van der Waals surface area contributed by atoms with Crippen molar-refractivity contribution in [2.45, 2.75) is 22.0 Å². The molecule has 1 aromatic rings. The van der Waals surface area contributed by atoms with Gasteiger partial charge in [0.05, 0.1) is 11.6 Å². The Kier molecular flexibility index (Phi) is 18.0. The van der Waals surface area contributed by atoms with Crippen LogP contribution in [0.5, 0.6) is 0 Å². The van der Waals surface area contributed by atoms with E-state index < -0.39 is 62.1 Å². The monoisotopic (exact) mass is 758 g/mol. The summed E-state index contributed by atoms with van der Waals surface area (Å²) < 4.78 is 218. The molecule has 30 heteroatoms. The Morgan fingerprint density at radius 3 is 0.854 bits per heavy atom. The molecule has 245 valence electrons. The summed E-state index contributed by atoms with van der Waals surface area (Å²) in [5.74, 6) is 8.00. The van der Waals surface area contributed by atoms with Crippen LogP contribution in [0.1, 0.15) is 5.56 Å². The molecular formula is C11H9CuF12N5O8S4. The molecule has 0 aromatic heterocycles. The van der Waals surface area contributed by atoms with Crippen LogP contribution >= 0.6 is 0 Å². The number of nitrogens with zero attached hydrogens (tertiary/aromatic N) is 3. The number of sulfonamides is 4. The van der Waals surface area contributed by atoms with E-state index in [1.807, 2.05) is 24.3 Å². The van der Waals surface area contributed by atoms with Crippen molar-refractivity contribution in [2.75, 3.05) is 0 Å². The van der Waals surface area contributed by atoms with Crippen LogP contribution in [0.25, 0.3) is 8.25 Å². The summed E-state index contributed by atoms with van der Waals surface area (Å²) in [4.78, 5) is 0. The summed E-state index contributed by atoms with van der Waals surface area (Å²) in [6.45, 7) is 0. The van der Waals surface area contributed by atoms with Crippen LogP contribution in [-0.2, 0) is 57.2 Å². The van der Waals surface area contributed by atoms with Crippen LogP contribution in [-0.4, -0.2) is 55.7 Å². The van der Waals surface area contributed by atoms with E-state index in [2.05, 4.69) is 11.7 Å². The molecule has 0 saturated heterocycles. The van der Waals surface area contributed by atoms with Crippen molar-refractivity contribution >= 4 is 40.1 Å². The van der Waals surface area contributed by atoms with Gasteiger partial charge in [-0.05, 0) is 12.1 Å². The van der Waals surface area contributed by atoms with Crippen molar-refractivity contribution in [1.29, 1.82) is 5.26 Å². The van der Waals surface area contributed by atoms with Crippen LogP contribution in [0.2, 0.25) is 0 Å². The first-order valence-electron chi connectivity index (χ1n) is 7.87. The quantitative estimate of drug-likeness (QED) is 0.196. The Morgan fingerprint density at radius 2 is 0.732 bits per heavy atom. The zero-order valence-electron chi connectivity index (χ0n) is 18.1. The molecule has 41 heavy (non-hydrogen) atoms. The molecule has 0 spiro atoms. The Bertz CT molecular complexity index is 1250. The molecule has 0 fully saturated rings. The first kappa shape index (κ1) is 46.0. The molecule has 1 radical (unpaired) electrons. The van der Waals surface area contributed by atoms with E-state index in [0.29, 0.717) is 5.56 Å². The predicted molar refractivity (Wildman–Crippen MR) is 106 cm³/mol. The van der Waals surface area contributed by atoms with Gasteiger partial charge in [-0.2, -0.15) is 57.9 Å². The van der Waals surface area contributed by atoms with E-state index >= 15 is 0 Å². The number of nitriles is 1. The number of benzene rings is 1. The average molecular weight is 759 g/mol. The van der Waals surface area contributed by atoms with E-state index in [0.717, 1.165) is 8.25 Å². The molecule has 0 heterocycles. The molecule has 0 aliphatic heterocycles. The molecule has 1 rings (SSSR count). The van der Waals surface area contributed by atoms with E-state index in [1.54, 1.807) is 12.1 Å². The van der Waals surface area contributed by atoms with Gasteiger partial charge in [-0.3, -0.25) is 11.7 Å². The number of alkyl halides is 12. The fourth-order valence-corrected chi connectivity index (χ4v) is 4.36. The van der Waals surface area contributed by atoms with Gasteiger partial charge in [0.2, 0.25) is 0 Å². The van der Waals surface area contributed by atoms with Gasteiger partial charge in [-0.15, -0.1) is 0 Å². The Labute approximate surface area is 232 Å². The second kappa shape index (κ2) is 16.0. The van der Waals surface area contributed by atoms with E-state index in [9.17, 15) is 86.4 Å². The van der Waals surface area contributed by atoms with Crippen molar-refractivity contribution in [1.82, 2.24) is 0 Å². The minimum absolute atomic E-state index is 0. The van der Waals surface area contributed by atoms with Crippen LogP contribution in [0.3, 0.4) is 0 Å². The number of rotatable bonds is 4. The Balaban J connectivity index is -0.000000249. The summed E-state index contributed by atoms with van der Waals surface area (Å²) in [5.41, 5.74) is -24.1. The topological polar surface area (TPSA) is 241 Å². The molecule has 0 aliphatic carbocycles. The van der Waals surface area contributed by atoms with Gasteiger partial charge in [-0.1, -0.05) is 18.2 Å². The van der Waals surface area contributed by atoms with Crippen molar-refractivity contribution in [3.8, 4) is 6.07 Å². The van der Waals surface area contributed by atoms with Gasteiger partial charge in [0.1, 0.15) is 0 Å². The molecule has 4 N–H and O–H groups in total. The first-order valence-corrected chi connectivity index (χ1v) is 13.6. The van der Waals surface area contributed by atoms with Crippen LogP contribution in [0.4, 0.5) is 52.7 Å². The normalized spacial score (nSPS) is 12.9. The zero-order chi connectivity index (χ0) is 33.2. The predicted octanol–water partition coefficient (Wildman–Crippen LogP) is 2.49. The third-order valence-corrected chi connectivity index (χ3v) is 7.95. The molecular weight excluding hydrogens is 750 g/mol. The summed E-state index contributed by atoms with van der Waals surface area (Å²) in [7, 11) is -26.9. The van der Waals surface area contributed by atoms with Gasteiger partial charge in [0.15, 0.2) is 40.1 Å². The standard InChI is InChI=1S/C7H5N.2C2F6NO4S2.Cu.H4N2/c8-6-7-4-2-1-3-5-7;2*3-1(4,5)14(10,11)9-15(12,13)2(6,7)8;;1-2/h1-5H;;;;1-2H2/q;2*-1;+2;. The van der Waals surface area contributed by atoms with Gasteiger partial charge in [0.25, 0.3) is 0 Å². The van der Waals surface area contributed by atoms with Crippen molar-refractivity contribution < 1.29 is 103 Å². The number of halogens is 12. The molecule has 1 aromatic carbocycles. The summed E-state index contributed by atoms with van der Waals surface area (Å²) in [6, 6.07) is 11.2. The Morgan fingerprint density at radius 1 is 0.537 bits per heavy atom. The molecule has 0 atom stereocenters. The van der Waals surface area contributed by atoms with Gasteiger partial charge in [-0.25, -0.2) is 33.7 Å². The summed E-state index contributed by atoms with van der Waals surface area (Å²) in [6.07, 6.45) is 0. The van der Waals surface area contributed by atoms with Crippen LogP contribution in [0.15, 0.2) is 30.3 Å². The summed E-state index contributed by atoms with van der Waals surface area (Å²) >= 11 is 0. The Hall–Kier alpha value is -1.97. The fourth-order valence-electron chi connectivity index (χ4n) is 0.940. The van der Waals surface area contributed by atoms with Gasteiger partial charge < -0.3 is 8.25 Å². The van der Waals surface area contributed by atoms with E-state index in [-0.39, 0.29) is 17.1 Å². The summed E-state index contributed by atoms with van der Waals surface area (Å²) in [5, 5.41) is 8.29. The SMILES string of the molecule is N#Cc1ccccc1.NN.O=S(=O)([N-]S(=O)(=O)C(F)(F)F)C(F)(F)F.O=S(=O)([N-]S(=O)(=O)C(F)(F)F)C(F)(F)F.[Cu+2]. The van der Waals surface area contributed by atoms with Crippen LogP contribution < -0.4 is 11.7 Å². The molecule has 0 bridgehead atoms. The maximum atomic E-state index is 11.4. The minimum atomic E-state index is -6.72. The number of nitrogens with two attached hydrogens (primary N) is 2. The second-order valence-electron chi connectivity index (χ2n) is 5.31. The van der Waals surface area contributed by atoms with Crippen molar-refractivity contribution in [3.05, 3.63) is 44.2 Å². The largest absolute Gasteiger partial charge is 2.00 e. The van der Waals surface area contributed by atoms with Crippen molar-refractivity contribution in [2.24, 2.45) is 11.7 Å². The zero-order valence-corrected chi connectivity index (χ0v) is 22.3. The molecule has 0 aliphatic rings. The molecule has 13 nitrogen and oxygen atoms in total.